The second-order valence-electron chi connectivity index (χ2n) is 5.27. The molecule has 3 nitrogen and oxygen atoms in total. The van der Waals surface area contributed by atoms with Crippen molar-refractivity contribution in [2.45, 2.75) is 26.9 Å². The molecule has 0 aliphatic carbocycles. The van der Waals surface area contributed by atoms with Gasteiger partial charge in [0.15, 0.2) is 0 Å². The third-order valence-electron chi connectivity index (χ3n) is 2.77. The van der Waals surface area contributed by atoms with Crippen molar-refractivity contribution in [1.29, 1.82) is 0 Å². The lowest BCUT2D eigenvalue weighted by Crippen LogP contribution is -2.41. The van der Waals surface area contributed by atoms with E-state index < -0.39 is 18.6 Å². The largest absolute Gasteiger partial charge is 0.406 e. The molecule has 0 heterocycles. The fourth-order valence-corrected chi connectivity index (χ4v) is 2.06. The molecule has 1 N–H and O–H groups in total. The zero-order valence-corrected chi connectivity index (χ0v) is 12.5. The Labute approximate surface area is 123 Å². The molecule has 0 fully saturated rings. The van der Waals surface area contributed by atoms with Crippen molar-refractivity contribution in [1.82, 2.24) is 4.90 Å². The van der Waals surface area contributed by atoms with Crippen LogP contribution in [-0.4, -0.2) is 36.6 Å². The van der Waals surface area contributed by atoms with Crippen LogP contribution in [-0.2, 0) is 0 Å². The van der Waals surface area contributed by atoms with E-state index in [0.717, 1.165) is 4.90 Å². The van der Waals surface area contributed by atoms with Gasteiger partial charge in [-0.2, -0.15) is 13.2 Å². The third kappa shape index (κ3) is 5.65. The number of rotatable bonds is 6. The summed E-state index contributed by atoms with van der Waals surface area (Å²) >= 11 is 0. The van der Waals surface area contributed by atoms with E-state index in [1.54, 1.807) is 38.1 Å². The van der Waals surface area contributed by atoms with E-state index in [1.807, 2.05) is 6.92 Å². The first-order chi connectivity index (χ1) is 9.74. The lowest BCUT2D eigenvalue weighted by atomic mass is 10.1. The van der Waals surface area contributed by atoms with Gasteiger partial charge in [-0.1, -0.05) is 26.0 Å². The average Bonchev–Trinajstić information content (AvgIpc) is 2.36. The molecule has 0 unspecified atom stereocenters. The van der Waals surface area contributed by atoms with E-state index in [-0.39, 0.29) is 18.0 Å². The number of benzene rings is 1. The first-order valence-corrected chi connectivity index (χ1v) is 6.93. The van der Waals surface area contributed by atoms with Crippen molar-refractivity contribution in [2.75, 3.05) is 25.0 Å². The molecule has 0 bridgehead atoms. The van der Waals surface area contributed by atoms with Gasteiger partial charge >= 0.3 is 6.18 Å². The zero-order valence-electron chi connectivity index (χ0n) is 12.5. The van der Waals surface area contributed by atoms with E-state index in [4.69, 9.17) is 0 Å². The Kier molecular flexibility index (Phi) is 6.05. The summed E-state index contributed by atoms with van der Waals surface area (Å²) in [6, 6.07) is 6.63. The molecule has 0 saturated heterocycles. The lowest BCUT2D eigenvalue weighted by molar-refractivity contribution is -0.141. The minimum Gasteiger partial charge on any atom is -0.385 e. The summed E-state index contributed by atoms with van der Waals surface area (Å²) in [6.45, 7) is 4.86. The summed E-state index contributed by atoms with van der Waals surface area (Å²) in [4.78, 5) is 13.3. The van der Waals surface area contributed by atoms with Crippen molar-refractivity contribution >= 4 is 11.6 Å². The number of hydrogen-bond acceptors (Lipinski definition) is 2. The zero-order chi connectivity index (χ0) is 16.0. The van der Waals surface area contributed by atoms with Crippen LogP contribution in [0.2, 0.25) is 0 Å². The minimum atomic E-state index is -4.41. The molecule has 0 saturated carbocycles. The first-order valence-electron chi connectivity index (χ1n) is 6.93. The summed E-state index contributed by atoms with van der Waals surface area (Å²) in [6.07, 6.45) is -4.41. The fraction of sp³-hybridized carbons (Fsp3) is 0.533. The standard InChI is InChI=1S/C15H21F3N2O/c1-4-19-13-8-6-5-7-12(13)14(21)20(9-11(2)3)10-15(16,17)18/h5-8,11,19H,4,9-10H2,1-3H3. The molecule has 21 heavy (non-hydrogen) atoms. The Morgan fingerprint density at radius 2 is 1.90 bits per heavy atom. The third-order valence-corrected chi connectivity index (χ3v) is 2.77. The normalized spacial score (nSPS) is 11.6. The van der Waals surface area contributed by atoms with Crippen LogP contribution in [0.3, 0.4) is 0 Å². The number of nitrogens with one attached hydrogen (secondary N) is 1. The van der Waals surface area contributed by atoms with Gasteiger partial charge in [-0.3, -0.25) is 4.79 Å². The Morgan fingerprint density at radius 1 is 1.29 bits per heavy atom. The predicted molar refractivity (Wildman–Crippen MR) is 77.4 cm³/mol. The molecule has 0 atom stereocenters. The summed E-state index contributed by atoms with van der Waals surface area (Å²) < 4.78 is 38.0. The maximum absolute atomic E-state index is 12.7. The van der Waals surface area contributed by atoms with Crippen molar-refractivity contribution in [3.63, 3.8) is 0 Å². The van der Waals surface area contributed by atoms with Crippen LogP contribution in [0.4, 0.5) is 18.9 Å². The van der Waals surface area contributed by atoms with Crippen LogP contribution in [0.1, 0.15) is 31.1 Å². The van der Waals surface area contributed by atoms with E-state index in [0.29, 0.717) is 12.2 Å². The van der Waals surface area contributed by atoms with E-state index in [2.05, 4.69) is 5.32 Å². The highest BCUT2D eigenvalue weighted by Gasteiger charge is 2.34. The van der Waals surface area contributed by atoms with Gasteiger partial charge in [0.1, 0.15) is 6.54 Å². The molecule has 0 radical (unpaired) electrons. The molecule has 0 aliphatic rings. The number of para-hydroxylation sites is 1. The van der Waals surface area contributed by atoms with Crippen molar-refractivity contribution < 1.29 is 18.0 Å². The molecule has 118 valence electrons. The van der Waals surface area contributed by atoms with Crippen molar-refractivity contribution in [3.8, 4) is 0 Å². The number of nitrogens with zero attached hydrogens (tertiary/aromatic N) is 1. The Balaban J connectivity index is 3.04. The van der Waals surface area contributed by atoms with Gasteiger partial charge in [-0.05, 0) is 25.0 Å². The molecule has 0 spiro atoms. The highest BCUT2D eigenvalue weighted by atomic mass is 19.4. The van der Waals surface area contributed by atoms with Gasteiger partial charge in [-0.25, -0.2) is 0 Å². The van der Waals surface area contributed by atoms with Gasteiger partial charge in [0.05, 0.1) is 5.56 Å². The van der Waals surface area contributed by atoms with E-state index >= 15 is 0 Å². The predicted octanol–water partition coefficient (Wildman–Crippen LogP) is 3.78. The second-order valence-corrected chi connectivity index (χ2v) is 5.27. The Morgan fingerprint density at radius 3 is 2.43 bits per heavy atom. The summed E-state index contributed by atoms with van der Waals surface area (Å²) in [5, 5.41) is 3.00. The van der Waals surface area contributed by atoms with Crippen LogP contribution in [0, 0.1) is 5.92 Å². The molecular weight excluding hydrogens is 281 g/mol. The van der Waals surface area contributed by atoms with Crippen LogP contribution < -0.4 is 5.32 Å². The van der Waals surface area contributed by atoms with E-state index in [1.165, 1.54) is 0 Å². The molecular formula is C15H21F3N2O. The van der Waals surface area contributed by atoms with Gasteiger partial charge in [0.2, 0.25) is 0 Å². The summed E-state index contributed by atoms with van der Waals surface area (Å²) in [7, 11) is 0. The van der Waals surface area contributed by atoms with Crippen molar-refractivity contribution in [3.05, 3.63) is 29.8 Å². The monoisotopic (exact) mass is 302 g/mol. The molecule has 0 aromatic heterocycles. The molecule has 1 aromatic rings. The molecule has 1 rings (SSSR count). The second kappa shape index (κ2) is 7.33. The topological polar surface area (TPSA) is 32.3 Å². The van der Waals surface area contributed by atoms with Gasteiger partial charge in [0.25, 0.3) is 5.91 Å². The van der Waals surface area contributed by atoms with E-state index in [9.17, 15) is 18.0 Å². The minimum absolute atomic E-state index is 0.0393. The number of carbonyl (C=O) groups excluding carboxylic acids is 1. The first kappa shape index (κ1) is 17.3. The van der Waals surface area contributed by atoms with Gasteiger partial charge < -0.3 is 10.2 Å². The Hall–Kier alpha value is -1.72. The SMILES string of the molecule is CCNc1ccccc1C(=O)N(CC(C)C)CC(F)(F)F. The number of alkyl halides is 3. The van der Waals surface area contributed by atoms with Crippen LogP contribution in [0.5, 0.6) is 0 Å². The van der Waals surface area contributed by atoms with Crippen molar-refractivity contribution in [2.24, 2.45) is 5.92 Å². The average molecular weight is 302 g/mol. The van der Waals surface area contributed by atoms with Crippen LogP contribution in [0.15, 0.2) is 24.3 Å². The highest BCUT2D eigenvalue weighted by Crippen LogP contribution is 2.22. The number of carbonyl (C=O) groups is 1. The number of anilines is 1. The number of hydrogen-bond donors (Lipinski definition) is 1. The number of amides is 1. The maximum Gasteiger partial charge on any atom is 0.406 e. The smallest absolute Gasteiger partial charge is 0.385 e. The number of halogens is 3. The maximum atomic E-state index is 12.7. The molecule has 6 heteroatoms. The van der Waals surface area contributed by atoms with Crippen LogP contribution >= 0.6 is 0 Å². The van der Waals surface area contributed by atoms with Gasteiger partial charge in [-0.15, -0.1) is 0 Å². The molecule has 1 aromatic carbocycles. The quantitative estimate of drug-likeness (QED) is 0.867. The highest BCUT2D eigenvalue weighted by molar-refractivity contribution is 5.99. The van der Waals surface area contributed by atoms with Crippen LogP contribution in [0.25, 0.3) is 0 Å². The summed E-state index contributed by atoms with van der Waals surface area (Å²) in [5.41, 5.74) is 0.824. The molecule has 0 aliphatic heterocycles. The fourth-order valence-electron chi connectivity index (χ4n) is 2.06. The molecule has 1 amide bonds. The summed E-state index contributed by atoms with van der Waals surface area (Å²) in [5.74, 6) is -0.639. The lowest BCUT2D eigenvalue weighted by Gasteiger charge is -2.26. The Bertz CT molecular complexity index is 472. The van der Waals surface area contributed by atoms with Gasteiger partial charge in [0, 0.05) is 18.8 Å².